The third-order valence-electron chi connectivity index (χ3n) is 7.72. The van der Waals surface area contributed by atoms with Gasteiger partial charge in [0.2, 0.25) is 0 Å². The molecule has 2 aliphatic rings. The zero-order valence-electron chi connectivity index (χ0n) is 23.0. The second kappa shape index (κ2) is 12.7. The van der Waals surface area contributed by atoms with Crippen LogP contribution in [0.3, 0.4) is 0 Å². The molecular formula is C29H40ClN5O4. The van der Waals surface area contributed by atoms with Crippen LogP contribution in [0, 0.1) is 0 Å². The molecule has 0 radical (unpaired) electrons. The van der Waals surface area contributed by atoms with Crippen molar-refractivity contribution in [3.8, 4) is 0 Å². The number of amides is 2. The topological polar surface area (TPSA) is 108 Å². The molecule has 2 aliphatic heterocycles. The minimum Gasteiger partial charge on any atom is -0.395 e. The van der Waals surface area contributed by atoms with Crippen LogP contribution < -0.4 is 10.6 Å². The molecule has 0 bridgehead atoms. The Bertz CT molecular complexity index is 1150. The zero-order valence-corrected chi connectivity index (χ0v) is 23.7. The molecule has 9 nitrogen and oxygen atoms in total. The van der Waals surface area contributed by atoms with E-state index in [9.17, 15) is 14.7 Å². The van der Waals surface area contributed by atoms with Crippen LogP contribution in [-0.2, 0) is 16.9 Å². The first-order valence-electron chi connectivity index (χ1n) is 13.5. The summed E-state index contributed by atoms with van der Waals surface area (Å²) in [6.07, 6.45) is 1.74. The van der Waals surface area contributed by atoms with Crippen LogP contribution in [0.5, 0.6) is 0 Å². The fourth-order valence-corrected chi connectivity index (χ4v) is 5.60. The highest BCUT2D eigenvalue weighted by Crippen LogP contribution is 2.31. The molecule has 2 fully saturated rings. The summed E-state index contributed by atoms with van der Waals surface area (Å²) in [7, 11) is 3.40. The Hall–Kier alpha value is -2.69. The monoisotopic (exact) mass is 557 g/mol. The van der Waals surface area contributed by atoms with Crippen LogP contribution in [-0.4, -0.2) is 102 Å². The molecule has 2 aromatic carbocycles. The van der Waals surface area contributed by atoms with Gasteiger partial charge in [0.05, 0.1) is 23.2 Å². The van der Waals surface area contributed by atoms with Crippen LogP contribution in [0.4, 0.5) is 5.69 Å². The lowest BCUT2D eigenvalue weighted by Crippen LogP contribution is -2.61. The predicted molar refractivity (Wildman–Crippen MR) is 153 cm³/mol. The Morgan fingerprint density at radius 2 is 1.79 bits per heavy atom. The van der Waals surface area contributed by atoms with Crippen molar-refractivity contribution in [2.45, 2.75) is 44.0 Å². The van der Waals surface area contributed by atoms with Gasteiger partial charge >= 0.3 is 0 Å². The molecule has 10 heteroatoms. The van der Waals surface area contributed by atoms with Gasteiger partial charge in [0.15, 0.2) is 5.60 Å². The van der Waals surface area contributed by atoms with E-state index >= 15 is 0 Å². The van der Waals surface area contributed by atoms with Crippen LogP contribution >= 0.6 is 11.6 Å². The number of nitrogens with zero attached hydrogens (tertiary/aromatic N) is 3. The first-order chi connectivity index (χ1) is 18.6. The number of carbonyl (C=O) groups is 2. The number of aliphatic hydroxyl groups is 2. The van der Waals surface area contributed by atoms with Crippen molar-refractivity contribution in [1.82, 2.24) is 20.0 Å². The number of likely N-dealkylation sites (tertiary alicyclic amines) is 2. The Labute approximate surface area is 235 Å². The highest BCUT2D eigenvalue weighted by molar-refractivity contribution is 6.34. The first kappa shape index (κ1) is 29.3. The highest BCUT2D eigenvalue weighted by Gasteiger charge is 2.40. The van der Waals surface area contributed by atoms with Gasteiger partial charge in [-0.05, 0) is 43.0 Å². The number of benzene rings is 2. The maximum Gasteiger partial charge on any atom is 0.258 e. The third-order valence-corrected chi connectivity index (χ3v) is 8.04. The molecule has 212 valence electrons. The molecule has 4 N–H and O–H groups in total. The normalized spacial score (nSPS) is 18.4. The van der Waals surface area contributed by atoms with Crippen LogP contribution in [0.1, 0.15) is 41.3 Å². The second-order valence-electron chi connectivity index (χ2n) is 10.8. The first-order valence-corrected chi connectivity index (χ1v) is 13.9. The zero-order chi connectivity index (χ0) is 28.2. The predicted octanol–water partition coefficient (Wildman–Crippen LogP) is 2.12. The fourth-order valence-electron chi connectivity index (χ4n) is 5.36. The van der Waals surface area contributed by atoms with E-state index in [2.05, 4.69) is 15.5 Å². The Morgan fingerprint density at radius 3 is 2.41 bits per heavy atom. The average molecular weight is 558 g/mol. The lowest BCUT2D eigenvalue weighted by Gasteiger charge is -2.48. The van der Waals surface area contributed by atoms with Gasteiger partial charge in [-0.15, -0.1) is 0 Å². The van der Waals surface area contributed by atoms with E-state index in [1.807, 2.05) is 30.3 Å². The summed E-state index contributed by atoms with van der Waals surface area (Å²) in [5.74, 6) is -0.398. The molecule has 4 rings (SSSR count). The van der Waals surface area contributed by atoms with Gasteiger partial charge in [-0.3, -0.25) is 14.5 Å². The van der Waals surface area contributed by atoms with Crippen LogP contribution in [0.25, 0.3) is 0 Å². The van der Waals surface area contributed by atoms with E-state index in [1.165, 1.54) is 4.90 Å². The molecule has 0 aliphatic carbocycles. The van der Waals surface area contributed by atoms with E-state index in [1.54, 1.807) is 38.1 Å². The summed E-state index contributed by atoms with van der Waals surface area (Å²) in [4.78, 5) is 31.4. The fraction of sp³-hybridized carbons (Fsp3) is 0.517. The molecule has 39 heavy (non-hydrogen) atoms. The average Bonchev–Trinajstić information content (AvgIpc) is 2.91. The number of nitrogens with one attached hydrogen (secondary N) is 2. The molecular weight excluding hydrogens is 518 g/mol. The molecule has 1 unspecified atom stereocenters. The summed E-state index contributed by atoms with van der Waals surface area (Å²) in [5.41, 5.74) is 1.34. The summed E-state index contributed by atoms with van der Waals surface area (Å²) >= 11 is 6.50. The van der Waals surface area contributed by atoms with E-state index in [4.69, 9.17) is 16.7 Å². The molecule has 2 saturated heterocycles. The van der Waals surface area contributed by atoms with E-state index < -0.39 is 5.60 Å². The Kier molecular flexibility index (Phi) is 9.51. The van der Waals surface area contributed by atoms with E-state index in [-0.39, 0.29) is 24.5 Å². The van der Waals surface area contributed by atoms with E-state index in [0.29, 0.717) is 48.4 Å². The van der Waals surface area contributed by atoms with Gasteiger partial charge in [-0.25, -0.2) is 0 Å². The number of piperidine rings is 1. The minimum atomic E-state index is -1.53. The molecule has 0 saturated carbocycles. The van der Waals surface area contributed by atoms with Gasteiger partial charge in [-0.1, -0.05) is 41.9 Å². The van der Waals surface area contributed by atoms with Gasteiger partial charge < -0.3 is 30.6 Å². The number of carbonyl (C=O) groups excluding carboxylic acids is 2. The number of aliphatic hydroxyl groups excluding tert-OH is 1. The summed E-state index contributed by atoms with van der Waals surface area (Å²) in [6.45, 7) is 5.57. The number of rotatable bonds is 10. The number of hydrogen-bond donors (Lipinski definition) is 4. The van der Waals surface area contributed by atoms with Crippen molar-refractivity contribution in [2.24, 2.45) is 0 Å². The summed E-state index contributed by atoms with van der Waals surface area (Å²) < 4.78 is 0. The lowest BCUT2D eigenvalue weighted by molar-refractivity contribution is -0.152. The van der Waals surface area contributed by atoms with Crippen molar-refractivity contribution in [3.63, 3.8) is 0 Å². The molecule has 2 heterocycles. The molecule has 2 aromatic rings. The van der Waals surface area contributed by atoms with Crippen molar-refractivity contribution >= 4 is 29.1 Å². The SMILES string of the molecule is CN(C)C(=O)c1cc(CNCCO)c(NC2CN(C3CCN(C(=O)C(C)(O)c4ccccc4)CC3)C2)cc1Cl. The standard InChI is InChI=1S/C29H40ClN5O4/c1-29(39,21-7-5-4-6-8-21)28(38)34-12-9-23(10-13-34)35-18-22(19-35)32-26-16-25(30)24(27(37)33(2)3)15-20(26)17-31-11-14-36/h4-8,15-16,22-23,31-32,36,39H,9-14,17-19H2,1-3H3. The minimum absolute atomic E-state index is 0.0334. The third kappa shape index (κ3) is 6.73. The van der Waals surface area contributed by atoms with Crippen molar-refractivity contribution < 1.29 is 19.8 Å². The van der Waals surface area contributed by atoms with Gasteiger partial charge in [-0.2, -0.15) is 0 Å². The quantitative estimate of drug-likeness (QED) is 0.331. The van der Waals surface area contributed by atoms with Crippen molar-refractivity contribution in [3.05, 3.63) is 64.2 Å². The van der Waals surface area contributed by atoms with E-state index in [0.717, 1.165) is 37.2 Å². The van der Waals surface area contributed by atoms with Gasteiger partial charge in [0, 0.05) is 65.1 Å². The van der Waals surface area contributed by atoms with Crippen molar-refractivity contribution in [1.29, 1.82) is 0 Å². The lowest BCUT2D eigenvalue weighted by atomic mass is 9.92. The Morgan fingerprint density at radius 1 is 1.13 bits per heavy atom. The van der Waals surface area contributed by atoms with Crippen LogP contribution in [0.15, 0.2) is 42.5 Å². The molecule has 0 aromatic heterocycles. The molecule has 0 spiro atoms. The smallest absolute Gasteiger partial charge is 0.258 e. The molecule has 2 amide bonds. The second-order valence-corrected chi connectivity index (χ2v) is 11.3. The maximum absolute atomic E-state index is 13.1. The van der Waals surface area contributed by atoms with Gasteiger partial charge in [0.25, 0.3) is 11.8 Å². The number of halogens is 1. The maximum atomic E-state index is 13.1. The largest absolute Gasteiger partial charge is 0.395 e. The number of anilines is 1. The number of hydrogen-bond acceptors (Lipinski definition) is 7. The van der Waals surface area contributed by atoms with Crippen molar-refractivity contribution in [2.75, 3.05) is 58.7 Å². The van der Waals surface area contributed by atoms with Gasteiger partial charge in [0.1, 0.15) is 0 Å². The Balaban J connectivity index is 1.32. The highest BCUT2D eigenvalue weighted by atomic mass is 35.5. The van der Waals surface area contributed by atoms with Crippen LogP contribution in [0.2, 0.25) is 5.02 Å². The summed E-state index contributed by atoms with van der Waals surface area (Å²) in [6, 6.07) is 13.4. The summed E-state index contributed by atoms with van der Waals surface area (Å²) in [5, 5.41) is 27.3. The molecule has 1 atom stereocenters.